The fourth-order valence-electron chi connectivity index (χ4n) is 3.30. The maximum absolute atomic E-state index is 13.1. The zero-order valence-electron chi connectivity index (χ0n) is 14.8. The van der Waals surface area contributed by atoms with Gasteiger partial charge in [0.2, 0.25) is 5.78 Å². The van der Waals surface area contributed by atoms with E-state index in [0.29, 0.717) is 36.0 Å². The Labute approximate surface area is 150 Å². The molecule has 2 aromatic rings. The summed E-state index contributed by atoms with van der Waals surface area (Å²) in [6.07, 6.45) is 1.46. The predicted molar refractivity (Wildman–Crippen MR) is 94.5 cm³/mol. The second-order valence-corrected chi connectivity index (χ2v) is 7.15. The van der Waals surface area contributed by atoms with Crippen LogP contribution in [0.3, 0.4) is 0 Å². The van der Waals surface area contributed by atoms with Gasteiger partial charge in [-0.2, -0.15) is 0 Å². The summed E-state index contributed by atoms with van der Waals surface area (Å²) in [4.78, 5) is 24.7. The van der Waals surface area contributed by atoms with Gasteiger partial charge in [0, 0.05) is 17.2 Å². The number of aldehydes is 1. The maximum Gasteiger partial charge on any atom is 0.201 e. The lowest BCUT2D eigenvalue weighted by Crippen LogP contribution is -2.33. The number of benzene rings is 2. The molecule has 0 aromatic heterocycles. The number of hydrogen-bond acceptors (Lipinski definition) is 6. The second kappa shape index (κ2) is 6.05. The molecular weight excluding hydrogens is 336 g/mol. The summed E-state index contributed by atoms with van der Waals surface area (Å²) in [6, 6.07) is 4.02. The van der Waals surface area contributed by atoms with Crippen LogP contribution in [0.5, 0.6) is 23.0 Å². The molecule has 0 saturated carbocycles. The van der Waals surface area contributed by atoms with Crippen molar-refractivity contribution in [2.75, 3.05) is 0 Å². The molecule has 0 saturated heterocycles. The highest BCUT2D eigenvalue weighted by atomic mass is 16.5. The van der Waals surface area contributed by atoms with E-state index in [1.807, 2.05) is 13.8 Å². The van der Waals surface area contributed by atoms with Gasteiger partial charge in [0.1, 0.15) is 34.2 Å². The molecule has 1 aliphatic rings. The number of carbonyl (C=O) groups is 2. The monoisotopic (exact) mass is 356 g/mol. The molecule has 0 bridgehead atoms. The zero-order valence-corrected chi connectivity index (χ0v) is 14.8. The first kappa shape index (κ1) is 17.8. The topological polar surface area (TPSA) is 104 Å². The third kappa shape index (κ3) is 2.87. The average molecular weight is 356 g/mol. The van der Waals surface area contributed by atoms with E-state index in [1.165, 1.54) is 18.2 Å². The SMILES string of the molecule is Cc1cc(O)c(C(=O)c2c(C=O)c(O)cc3c2CCC(C)(C)O3)c(O)c1. The summed E-state index contributed by atoms with van der Waals surface area (Å²) in [5, 5.41) is 30.5. The number of hydrogen-bond donors (Lipinski definition) is 3. The summed E-state index contributed by atoms with van der Waals surface area (Å²) in [7, 11) is 0. The molecule has 3 rings (SSSR count). The molecule has 2 aromatic carbocycles. The van der Waals surface area contributed by atoms with Gasteiger partial charge in [0.15, 0.2) is 6.29 Å². The van der Waals surface area contributed by atoms with Gasteiger partial charge in [-0.1, -0.05) is 0 Å². The summed E-state index contributed by atoms with van der Waals surface area (Å²) >= 11 is 0. The number of carbonyl (C=O) groups excluding carboxylic acids is 2. The Morgan fingerprint density at radius 1 is 1.08 bits per heavy atom. The van der Waals surface area contributed by atoms with Crippen molar-refractivity contribution in [1.82, 2.24) is 0 Å². The minimum Gasteiger partial charge on any atom is -0.507 e. The van der Waals surface area contributed by atoms with Gasteiger partial charge < -0.3 is 20.1 Å². The highest BCUT2D eigenvalue weighted by Crippen LogP contribution is 2.42. The fourth-order valence-corrected chi connectivity index (χ4v) is 3.30. The minimum absolute atomic E-state index is 0.0556. The van der Waals surface area contributed by atoms with Crippen LogP contribution >= 0.6 is 0 Å². The Hall–Kier alpha value is -3.02. The van der Waals surface area contributed by atoms with Gasteiger partial charge in [-0.25, -0.2) is 0 Å². The number of aryl methyl sites for hydroxylation is 1. The molecule has 0 aliphatic carbocycles. The van der Waals surface area contributed by atoms with Crippen LogP contribution in [0, 0.1) is 6.92 Å². The Kier molecular flexibility index (Phi) is 4.14. The smallest absolute Gasteiger partial charge is 0.201 e. The van der Waals surface area contributed by atoms with E-state index in [0.717, 1.165) is 0 Å². The van der Waals surface area contributed by atoms with Gasteiger partial charge in [-0.05, 0) is 51.3 Å². The Morgan fingerprint density at radius 3 is 2.27 bits per heavy atom. The molecule has 0 unspecified atom stereocenters. The first-order valence-corrected chi connectivity index (χ1v) is 8.25. The first-order valence-electron chi connectivity index (χ1n) is 8.25. The van der Waals surface area contributed by atoms with E-state index in [2.05, 4.69) is 0 Å². The Balaban J connectivity index is 2.26. The van der Waals surface area contributed by atoms with E-state index in [1.54, 1.807) is 6.92 Å². The van der Waals surface area contributed by atoms with Crippen molar-refractivity contribution < 1.29 is 29.6 Å². The molecule has 3 N–H and O–H groups in total. The first-order chi connectivity index (χ1) is 12.1. The molecule has 6 nitrogen and oxygen atoms in total. The van der Waals surface area contributed by atoms with Crippen LogP contribution in [-0.2, 0) is 6.42 Å². The highest BCUT2D eigenvalue weighted by Gasteiger charge is 2.34. The molecular formula is C20H20O6. The predicted octanol–water partition coefficient (Wildman–Crippen LogP) is 3.26. The quantitative estimate of drug-likeness (QED) is 0.576. The molecule has 0 fully saturated rings. The molecule has 0 spiro atoms. The average Bonchev–Trinajstić information content (AvgIpc) is 2.51. The molecule has 1 aliphatic heterocycles. The van der Waals surface area contributed by atoms with E-state index in [4.69, 9.17) is 4.74 Å². The number of phenolic OH excluding ortho intramolecular Hbond substituents is 3. The number of ether oxygens (including phenoxy) is 1. The van der Waals surface area contributed by atoms with Crippen molar-refractivity contribution in [2.24, 2.45) is 0 Å². The third-order valence-corrected chi connectivity index (χ3v) is 4.59. The van der Waals surface area contributed by atoms with Crippen LogP contribution < -0.4 is 4.74 Å². The van der Waals surface area contributed by atoms with Crippen LogP contribution in [0.1, 0.15) is 57.7 Å². The number of fused-ring (bicyclic) bond motifs is 1. The van der Waals surface area contributed by atoms with Gasteiger partial charge in [-0.15, -0.1) is 0 Å². The van der Waals surface area contributed by atoms with E-state index >= 15 is 0 Å². The molecule has 0 amide bonds. The van der Waals surface area contributed by atoms with Crippen molar-refractivity contribution >= 4 is 12.1 Å². The van der Waals surface area contributed by atoms with Crippen molar-refractivity contribution in [3.05, 3.63) is 46.0 Å². The van der Waals surface area contributed by atoms with E-state index < -0.39 is 22.9 Å². The Morgan fingerprint density at radius 2 is 1.69 bits per heavy atom. The standard InChI is InChI=1S/C20H20O6/c1-10-6-14(23)18(15(24)7-10)19(25)17-11-4-5-20(2,3)26-16(11)8-13(22)12(17)9-21/h6-9,22-24H,4-5H2,1-3H3. The normalized spacial score (nSPS) is 15.0. The van der Waals surface area contributed by atoms with Crippen LogP contribution in [0.2, 0.25) is 0 Å². The van der Waals surface area contributed by atoms with Crippen molar-refractivity contribution in [3.63, 3.8) is 0 Å². The summed E-state index contributed by atoms with van der Waals surface area (Å²) in [6.45, 7) is 5.44. The van der Waals surface area contributed by atoms with Gasteiger partial charge in [0.25, 0.3) is 0 Å². The van der Waals surface area contributed by atoms with E-state index in [-0.39, 0.29) is 22.4 Å². The van der Waals surface area contributed by atoms with Gasteiger partial charge in [0.05, 0.1) is 5.56 Å². The number of ketones is 1. The molecule has 6 heteroatoms. The highest BCUT2D eigenvalue weighted by molar-refractivity contribution is 6.17. The molecule has 1 heterocycles. The zero-order chi connectivity index (χ0) is 19.2. The molecule has 26 heavy (non-hydrogen) atoms. The van der Waals surface area contributed by atoms with Gasteiger partial charge in [-0.3, -0.25) is 9.59 Å². The van der Waals surface area contributed by atoms with E-state index in [9.17, 15) is 24.9 Å². The summed E-state index contributed by atoms with van der Waals surface area (Å²) < 4.78 is 5.85. The van der Waals surface area contributed by atoms with Crippen molar-refractivity contribution in [3.8, 4) is 23.0 Å². The minimum atomic E-state index is -0.738. The van der Waals surface area contributed by atoms with Crippen molar-refractivity contribution in [2.45, 2.75) is 39.2 Å². The van der Waals surface area contributed by atoms with Crippen LogP contribution in [0.4, 0.5) is 0 Å². The second-order valence-electron chi connectivity index (χ2n) is 7.15. The molecule has 0 radical (unpaired) electrons. The third-order valence-electron chi connectivity index (χ3n) is 4.59. The van der Waals surface area contributed by atoms with Crippen LogP contribution in [-0.4, -0.2) is 33.0 Å². The maximum atomic E-state index is 13.1. The molecule has 0 atom stereocenters. The van der Waals surface area contributed by atoms with Gasteiger partial charge >= 0.3 is 0 Å². The summed E-state index contributed by atoms with van der Waals surface area (Å²) in [5.41, 5.74) is 0.0350. The number of phenols is 3. The fraction of sp³-hybridized carbons (Fsp3) is 0.300. The largest absolute Gasteiger partial charge is 0.507 e. The number of rotatable bonds is 3. The lowest BCUT2D eigenvalue weighted by atomic mass is 9.85. The van der Waals surface area contributed by atoms with Crippen LogP contribution in [0.25, 0.3) is 0 Å². The number of aromatic hydroxyl groups is 3. The molecule has 136 valence electrons. The lowest BCUT2D eigenvalue weighted by molar-refractivity contribution is 0.0828. The van der Waals surface area contributed by atoms with Crippen molar-refractivity contribution in [1.29, 1.82) is 0 Å². The van der Waals surface area contributed by atoms with Crippen LogP contribution in [0.15, 0.2) is 18.2 Å². The summed E-state index contributed by atoms with van der Waals surface area (Å²) in [5.74, 6) is -1.58. The Bertz CT molecular complexity index is 903. The lowest BCUT2D eigenvalue weighted by Gasteiger charge is -2.34.